The highest BCUT2D eigenvalue weighted by atomic mass is 35.5. The lowest BCUT2D eigenvalue weighted by Crippen LogP contribution is -2.34. The van der Waals surface area contributed by atoms with Crippen LogP contribution >= 0.6 is 11.6 Å². The Bertz CT molecular complexity index is 503. The lowest BCUT2D eigenvalue weighted by Gasteiger charge is -2.26. The number of aliphatic hydroxyl groups excluding tert-OH is 1. The Kier molecular flexibility index (Phi) is 3.98. The summed E-state index contributed by atoms with van der Waals surface area (Å²) in [6.45, 7) is 3.67. The second kappa shape index (κ2) is 5.50. The molecule has 2 saturated heterocycles. The first-order valence-electron chi connectivity index (χ1n) is 6.89. The van der Waals surface area contributed by atoms with Gasteiger partial charge in [-0.25, -0.2) is 0 Å². The van der Waals surface area contributed by atoms with E-state index in [1.54, 1.807) is 31.4 Å². The first-order chi connectivity index (χ1) is 9.91. The van der Waals surface area contributed by atoms with Gasteiger partial charge >= 0.3 is 0 Å². The minimum atomic E-state index is -0.840. The summed E-state index contributed by atoms with van der Waals surface area (Å²) in [5.74, 6) is -0.714. The molecule has 0 amide bonds. The molecule has 5 nitrogen and oxygen atoms in total. The Balaban J connectivity index is 1.83. The van der Waals surface area contributed by atoms with Crippen LogP contribution in [0.2, 0.25) is 5.02 Å². The molecule has 1 N–H and O–H groups in total. The number of hydrogen-bond acceptors (Lipinski definition) is 5. The van der Waals surface area contributed by atoms with Crippen molar-refractivity contribution in [2.24, 2.45) is 0 Å². The van der Waals surface area contributed by atoms with E-state index in [1.807, 2.05) is 13.8 Å². The molecule has 0 bridgehead atoms. The van der Waals surface area contributed by atoms with Crippen LogP contribution in [-0.4, -0.2) is 42.6 Å². The average Bonchev–Trinajstić information content (AvgIpc) is 2.91. The van der Waals surface area contributed by atoms with Crippen molar-refractivity contribution in [2.75, 3.05) is 7.11 Å². The minimum absolute atomic E-state index is 0.350. The number of methoxy groups -OCH3 is 1. The van der Waals surface area contributed by atoms with Crippen LogP contribution in [0.3, 0.4) is 0 Å². The average molecular weight is 315 g/mol. The maximum atomic E-state index is 10.6. The fourth-order valence-electron chi connectivity index (χ4n) is 2.88. The molecular weight excluding hydrogens is 296 g/mol. The highest BCUT2D eigenvalue weighted by molar-refractivity contribution is 6.30. The van der Waals surface area contributed by atoms with Crippen LogP contribution in [0, 0.1) is 0 Å². The molecule has 0 aliphatic carbocycles. The van der Waals surface area contributed by atoms with Crippen LogP contribution in [0.1, 0.15) is 25.5 Å². The second-order valence-corrected chi connectivity index (χ2v) is 6.20. The van der Waals surface area contributed by atoms with Crippen molar-refractivity contribution in [3.63, 3.8) is 0 Å². The fourth-order valence-corrected chi connectivity index (χ4v) is 3.01. The normalized spacial score (nSPS) is 35.7. The van der Waals surface area contributed by atoms with Crippen LogP contribution in [-0.2, 0) is 18.9 Å². The maximum absolute atomic E-state index is 10.6. The van der Waals surface area contributed by atoms with Gasteiger partial charge in [-0.05, 0) is 31.5 Å². The Labute approximate surface area is 128 Å². The SMILES string of the molecule is CO[C@@H]1O[C@H](C(O)c2ccc(Cl)cc2)[C@H]2OC(C)(C)O[C@@H]12. The summed E-state index contributed by atoms with van der Waals surface area (Å²) in [5.41, 5.74) is 0.716. The van der Waals surface area contributed by atoms with Gasteiger partial charge in [0.15, 0.2) is 12.1 Å². The van der Waals surface area contributed by atoms with Crippen molar-refractivity contribution in [1.29, 1.82) is 0 Å². The van der Waals surface area contributed by atoms with Gasteiger partial charge in [0.2, 0.25) is 0 Å². The Morgan fingerprint density at radius 3 is 2.43 bits per heavy atom. The summed E-state index contributed by atoms with van der Waals surface area (Å²) in [4.78, 5) is 0. The molecule has 6 heteroatoms. The number of aliphatic hydroxyl groups is 1. The summed E-state index contributed by atoms with van der Waals surface area (Å²) in [6, 6.07) is 7.01. The number of fused-ring (bicyclic) bond motifs is 1. The molecule has 116 valence electrons. The molecule has 2 aliphatic heterocycles. The lowest BCUT2D eigenvalue weighted by atomic mass is 9.99. The number of ether oxygens (including phenoxy) is 4. The van der Waals surface area contributed by atoms with Crippen LogP contribution in [0.4, 0.5) is 0 Å². The number of halogens is 1. The van der Waals surface area contributed by atoms with Gasteiger partial charge in [0, 0.05) is 12.1 Å². The molecule has 0 saturated carbocycles. The molecule has 0 aromatic heterocycles. The second-order valence-electron chi connectivity index (χ2n) is 5.77. The van der Waals surface area contributed by atoms with Crippen molar-refractivity contribution < 1.29 is 24.1 Å². The third kappa shape index (κ3) is 2.82. The van der Waals surface area contributed by atoms with Gasteiger partial charge < -0.3 is 24.1 Å². The van der Waals surface area contributed by atoms with Gasteiger partial charge in [-0.2, -0.15) is 0 Å². The molecule has 2 heterocycles. The lowest BCUT2D eigenvalue weighted by molar-refractivity contribution is -0.237. The van der Waals surface area contributed by atoms with E-state index >= 15 is 0 Å². The van der Waals surface area contributed by atoms with E-state index in [0.717, 1.165) is 0 Å². The molecule has 0 spiro atoms. The van der Waals surface area contributed by atoms with Crippen molar-refractivity contribution in [3.8, 4) is 0 Å². The molecule has 1 aromatic rings. The molecule has 2 aliphatic rings. The van der Waals surface area contributed by atoms with E-state index in [4.69, 9.17) is 30.5 Å². The summed E-state index contributed by atoms with van der Waals surface area (Å²) in [7, 11) is 1.55. The van der Waals surface area contributed by atoms with Crippen LogP contribution < -0.4 is 0 Å². The van der Waals surface area contributed by atoms with E-state index in [0.29, 0.717) is 10.6 Å². The number of rotatable bonds is 3. The topological polar surface area (TPSA) is 57.2 Å². The highest BCUT2D eigenvalue weighted by Crippen LogP contribution is 2.42. The zero-order valence-corrected chi connectivity index (χ0v) is 12.9. The molecule has 1 unspecified atom stereocenters. The zero-order chi connectivity index (χ0) is 15.2. The summed E-state index contributed by atoms with van der Waals surface area (Å²) >= 11 is 5.87. The van der Waals surface area contributed by atoms with Crippen LogP contribution in [0.25, 0.3) is 0 Å². The number of hydrogen-bond donors (Lipinski definition) is 1. The van der Waals surface area contributed by atoms with Gasteiger partial charge in [-0.1, -0.05) is 23.7 Å². The summed E-state index contributed by atoms with van der Waals surface area (Å²) < 4.78 is 22.7. The van der Waals surface area contributed by atoms with E-state index in [1.165, 1.54) is 0 Å². The van der Waals surface area contributed by atoms with Gasteiger partial charge in [-0.15, -0.1) is 0 Å². The van der Waals surface area contributed by atoms with Crippen molar-refractivity contribution >= 4 is 11.6 Å². The zero-order valence-electron chi connectivity index (χ0n) is 12.2. The molecule has 5 atom stereocenters. The quantitative estimate of drug-likeness (QED) is 0.927. The van der Waals surface area contributed by atoms with E-state index in [2.05, 4.69) is 0 Å². The summed E-state index contributed by atoms with van der Waals surface area (Å²) in [5, 5.41) is 11.2. The van der Waals surface area contributed by atoms with Crippen molar-refractivity contribution in [3.05, 3.63) is 34.9 Å². The largest absolute Gasteiger partial charge is 0.386 e. The maximum Gasteiger partial charge on any atom is 0.186 e. The summed E-state index contributed by atoms with van der Waals surface area (Å²) in [6.07, 6.45) is -2.67. The Morgan fingerprint density at radius 2 is 1.81 bits per heavy atom. The molecule has 21 heavy (non-hydrogen) atoms. The molecular formula is C15H19ClO5. The first kappa shape index (κ1) is 15.2. The van der Waals surface area contributed by atoms with Crippen LogP contribution in [0.15, 0.2) is 24.3 Å². The monoisotopic (exact) mass is 314 g/mol. The third-order valence-corrected chi connectivity index (χ3v) is 4.05. The van der Waals surface area contributed by atoms with E-state index in [9.17, 15) is 5.11 Å². The smallest absolute Gasteiger partial charge is 0.186 e. The Hall–Kier alpha value is -0.690. The molecule has 2 fully saturated rings. The van der Waals surface area contributed by atoms with Gasteiger partial charge in [-0.3, -0.25) is 0 Å². The van der Waals surface area contributed by atoms with E-state index < -0.39 is 24.3 Å². The predicted molar refractivity (Wildman–Crippen MR) is 75.9 cm³/mol. The predicted octanol–water partition coefficient (Wildman–Crippen LogP) is 2.26. The van der Waals surface area contributed by atoms with Gasteiger partial charge in [0.05, 0.1) is 0 Å². The standard InChI is InChI=1S/C15H19ClO5/c1-15(2)20-12-11(19-14(18-3)13(12)21-15)10(17)8-4-6-9(16)7-5-8/h4-7,10-14,17H,1-3H3/t10?,11-,12-,13-,14-/m1/s1. The van der Waals surface area contributed by atoms with Gasteiger partial charge in [0.25, 0.3) is 0 Å². The number of benzene rings is 1. The molecule has 1 aromatic carbocycles. The van der Waals surface area contributed by atoms with Gasteiger partial charge in [0.1, 0.15) is 24.4 Å². The third-order valence-electron chi connectivity index (χ3n) is 3.80. The first-order valence-corrected chi connectivity index (χ1v) is 7.26. The van der Waals surface area contributed by atoms with Crippen molar-refractivity contribution in [1.82, 2.24) is 0 Å². The van der Waals surface area contributed by atoms with E-state index in [-0.39, 0.29) is 12.2 Å². The van der Waals surface area contributed by atoms with Crippen LogP contribution in [0.5, 0.6) is 0 Å². The van der Waals surface area contributed by atoms with Crippen molar-refractivity contribution in [2.45, 2.75) is 50.3 Å². The highest BCUT2D eigenvalue weighted by Gasteiger charge is 2.57. The molecule has 0 radical (unpaired) electrons. The molecule has 3 rings (SSSR count). The fraction of sp³-hybridized carbons (Fsp3) is 0.600. The Morgan fingerprint density at radius 1 is 1.19 bits per heavy atom. The minimum Gasteiger partial charge on any atom is -0.386 e.